The first-order chi connectivity index (χ1) is 8.83. The number of ether oxygens (including phenoxy) is 1. The summed E-state index contributed by atoms with van der Waals surface area (Å²) in [7, 11) is 0. The zero-order valence-corrected chi connectivity index (χ0v) is 10.9. The summed E-state index contributed by atoms with van der Waals surface area (Å²) in [6.07, 6.45) is 3.98. The highest BCUT2D eigenvalue weighted by Gasteiger charge is 2.34. The molecule has 2 unspecified atom stereocenters. The van der Waals surface area contributed by atoms with Crippen molar-refractivity contribution in [3.63, 3.8) is 0 Å². The second kappa shape index (κ2) is 5.55. The van der Waals surface area contributed by atoms with Crippen molar-refractivity contribution in [1.29, 1.82) is 0 Å². The van der Waals surface area contributed by atoms with Crippen LogP contribution in [0.25, 0.3) is 0 Å². The van der Waals surface area contributed by atoms with Crippen molar-refractivity contribution in [2.24, 2.45) is 5.92 Å². The van der Waals surface area contributed by atoms with Crippen molar-refractivity contribution in [2.45, 2.75) is 31.3 Å². The van der Waals surface area contributed by atoms with Crippen LogP contribution in [-0.4, -0.2) is 62.3 Å². The van der Waals surface area contributed by atoms with Crippen molar-refractivity contribution in [1.82, 2.24) is 15.5 Å². The van der Waals surface area contributed by atoms with Crippen molar-refractivity contribution in [3.05, 3.63) is 0 Å². The summed E-state index contributed by atoms with van der Waals surface area (Å²) in [5, 5.41) is 6.25. The Hall–Kier alpha value is -0.650. The van der Waals surface area contributed by atoms with Crippen molar-refractivity contribution in [2.75, 3.05) is 39.4 Å². The van der Waals surface area contributed by atoms with E-state index in [-0.39, 0.29) is 11.9 Å². The Morgan fingerprint density at radius 3 is 3.00 bits per heavy atom. The number of nitrogens with one attached hydrogen (secondary N) is 2. The lowest BCUT2D eigenvalue weighted by Crippen LogP contribution is -2.52. The van der Waals surface area contributed by atoms with E-state index in [1.54, 1.807) is 0 Å². The first-order valence-electron chi connectivity index (χ1n) is 7.16. The SMILES string of the molecule is O=C(NCC1CCN(C2CC2)C1)C1COCCN1. The number of hydrogen-bond donors (Lipinski definition) is 2. The van der Waals surface area contributed by atoms with E-state index in [0.717, 1.165) is 19.1 Å². The molecule has 3 fully saturated rings. The molecule has 0 aromatic rings. The van der Waals surface area contributed by atoms with Gasteiger partial charge < -0.3 is 20.3 Å². The highest BCUT2D eigenvalue weighted by molar-refractivity contribution is 5.81. The van der Waals surface area contributed by atoms with Crippen LogP contribution in [0.1, 0.15) is 19.3 Å². The number of hydrogen-bond acceptors (Lipinski definition) is 4. The molecule has 1 amide bonds. The third-order valence-electron chi connectivity index (χ3n) is 4.18. The van der Waals surface area contributed by atoms with E-state index in [4.69, 9.17) is 4.74 Å². The van der Waals surface area contributed by atoms with E-state index in [2.05, 4.69) is 15.5 Å². The normalized spacial score (nSPS) is 33.6. The molecule has 3 rings (SSSR count). The molecule has 0 spiro atoms. The summed E-state index contributed by atoms with van der Waals surface area (Å²) in [5.41, 5.74) is 0. The van der Waals surface area contributed by atoms with Gasteiger partial charge >= 0.3 is 0 Å². The van der Waals surface area contributed by atoms with Gasteiger partial charge in [-0.25, -0.2) is 0 Å². The molecule has 5 heteroatoms. The lowest BCUT2D eigenvalue weighted by molar-refractivity contribution is -0.126. The van der Waals surface area contributed by atoms with Gasteiger partial charge in [-0.05, 0) is 31.7 Å². The third kappa shape index (κ3) is 3.02. The quantitative estimate of drug-likeness (QED) is 0.714. The van der Waals surface area contributed by atoms with E-state index in [1.165, 1.54) is 32.4 Å². The zero-order chi connectivity index (χ0) is 12.4. The number of nitrogens with zero attached hydrogens (tertiary/aromatic N) is 1. The van der Waals surface area contributed by atoms with E-state index < -0.39 is 0 Å². The second-order valence-corrected chi connectivity index (χ2v) is 5.71. The number of carbonyl (C=O) groups excluding carboxylic acids is 1. The summed E-state index contributed by atoms with van der Waals surface area (Å²) >= 11 is 0. The van der Waals surface area contributed by atoms with E-state index in [9.17, 15) is 4.79 Å². The van der Waals surface area contributed by atoms with Gasteiger partial charge in [0.05, 0.1) is 13.2 Å². The van der Waals surface area contributed by atoms with Crippen LogP contribution in [0, 0.1) is 5.92 Å². The molecule has 0 radical (unpaired) electrons. The molecule has 2 saturated heterocycles. The van der Waals surface area contributed by atoms with Crippen LogP contribution in [0.3, 0.4) is 0 Å². The molecule has 5 nitrogen and oxygen atoms in total. The molecule has 2 atom stereocenters. The molecular formula is C13H23N3O2. The van der Waals surface area contributed by atoms with Crippen molar-refractivity contribution >= 4 is 5.91 Å². The average molecular weight is 253 g/mol. The summed E-state index contributed by atoms with van der Waals surface area (Å²) in [4.78, 5) is 14.5. The maximum absolute atomic E-state index is 11.9. The Kier molecular flexibility index (Phi) is 3.82. The van der Waals surface area contributed by atoms with Gasteiger partial charge in [-0.15, -0.1) is 0 Å². The highest BCUT2D eigenvalue weighted by atomic mass is 16.5. The first kappa shape index (κ1) is 12.4. The topological polar surface area (TPSA) is 53.6 Å². The molecule has 18 heavy (non-hydrogen) atoms. The van der Waals surface area contributed by atoms with Crippen molar-refractivity contribution in [3.8, 4) is 0 Å². The van der Waals surface area contributed by atoms with Gasteiger partial charge in [0.15, 0.2) is 0 Å². The molecule has 1 saturated carbocycles. The fourth-order valence-corrected chi connectivity index (χ4v) is 2.90. The number of rotatable bonds is 4. The Bertz CT molecular complexity index is 301. The molecule has 0 aromatic carbocycles. The molecular weight excluding hydrogens is 230 g/mol. The minimum absolute atomic E-state index is 0.0968. The van der Waals surface area contributed by atoms with Crippen LogP contribution in [-0.2, 0) is 9.53 Å². The Balaban J connectivity index is 1.37. The first-order valence-corrected chi connectivity index (χ1v) is 7.16. The van der Waals surface area contributed by atoms with Crippen LogP contribution in [0.5, 0.6) is 0 Å². The summed E-state index contributed by atoms with van der Waals surface area (Å²) < 4.78 is 5.30. The summed E-state index contributed by atoms with van der Waals surface area (Å²) in [5.74, 6) is 0.735. The fraction of sp³-hybridized carbons (Fsp3) is 0.923. The van der Waals surface area contributed by atoms with Crippen LogP contribution in [0.15, 0.2) is 0 Å². The fourth-order valence-electron chi connectivity index (χ4n) is 2.90. The van der Waals surface area contributed by atoms with Gasteiger partial charge in [-0.1, -0.05) is 0 Å². The number of morpholine rings is 1. The standard InChI is InChI=1S/C13H23N3O2/c17-13(12-9-18-6-4-14-12)15-7-10-3-5-16(8-10)11-1-2-11/h10-12,14H,1-9H2,(H,15,17). The third-order valence-corrected chi connectivity index (χ3v) is 4.18. The molecule has 3 aliphatic rings. The maximum Gasteiger partial charge on any atom is 0.239 e. The largest absolute Gasteiger partial charge is 0.378 e. The van der Waals surface area contributed by atoms with Crippen LogP contribution < -0.4 is 10.6 Å². The molecule has 0 bridgehead atoms. The molecule has 2 N–H and O–H groups in total. The zero-order valence-electron chi connectivity index (χ0n) is 10.9. The Morgan fingerprint density at radius 2 is 2.28 bits per heavy atom. The van der Waals surface area contributed by atoms with Gasteiger partial charge in [0.2, 0.25) is 5.91 Å². The average Bonchev–Trinajstić information content (AvgIpc) is 3.16. The van der Waals surface area contributed by atoms with Gasteiger partial charge in [0.25, 0.3) is 0 Å². The van der Waals surface area contributed by atoms with E-state index in [1.807, 2.05) is 0 Å². The lowest BCUT2D eigenvalue weighted by atomic mass is 10.1. The predicted molar refractivity (Wildman–Crippen MR) is 68.3 cm³/mol. The number of likely N-dealkylation sites (tertiary alicyclic amines) is 1. The number of amides is 1. The molecule has 102 valence electrons. The highest BCUT2D eigenvalue weighted by Crippen LogP contribution is 2.31. The van der Waals surface area contributed by atoms with Crippen LogP contribution in [0.4, 0.5) is 0 Å². The molecule has 1 aliphatic carbocycles. The minimum Gasteiger partial charge on any atom is -0.378 e. The second-order valence-electron chi connectivity index (χ2n) is 5.71. The lowest BCUT2D eigenvalue weighted by Gasteiger charge is -2.23. The number of carbonyl (C=O) groups is 1. The molecule has 0 aromatic heterocycles. The van der Waals surface area contributed by atoms with Gasteiger partial charge in [0, 0.05) is 25.7 Å². The summed E-state index contributed by atoms with van der Waals surface area (Å²) in [6.45, 7) is 5.19. The van der Waals surface area contributed by atoms with Crippen molar-refractivity contribution < 1.29 is 9.53 Å². The van der Waals surface area contributed by atoms with Gasteiger partial charge in [-0.3, -0.25) is 4.79 Å². The molecule has 2 heterocycles. The summed E-state index contributed by atoms with van der Waals surface area (Å²) in [6, 6.07) is 0.707. The Morgan fingerprint density at radius 1 is 1.39 bits per heavy atom. The van der Waals surface area contributed by atoms with Gasteiger partial charge in [-0.2, -0.15) is 0 Å². The smallest absolute Gasteiger partial charge is 0.239 e. The minimum atomic E-state index is -0.153. The molecule has 2 aliphatic heterocycles. The monoisotopic (exact) mass is 253 g/mol. The van der Waals surface area contributed by atoms with E-state index >= 15 is 0 Å². The van der Waals surface area contributed by atoms with Crippen LogP contribution in [0.2, 0.25) is 0 Å². The Labute approximate surface area is 108 Å². The van der Waals surface area contributed by atoms with E-state index in [0.29, 0.717) is 19.1 Å². The maximum atomic E-state index is 11.9. The van der Waals surface area contributed by atoms with Crippen LogP contribution >= 0.6 is 0 Å². The predicted octanol–water partition coefficient (Wildman–Crippen LogP) is -0.425. The van der Waals surface area contributed by atoms with Gasteiger partial charge in [0.1, 0.15) is 6.04 Å².